The third-order valence-electron chi connectivity index (χ3n) is 4.69. The molecule has 2 unspecified atom stereocenters. The molecule has 2 atom stereocenters. The van der Waals surface area contributed by atoms with E-state index in [4.69, 9.17) is 4.74 Å². The Hall–Kier alpha value is -1.22. The first-order valence-electron chi connectivity index (χ1n) is 8.58. The highest BCUT2D eigenvalue weighted by molar-refractivity contribution is 5.55. The first kappa shape index (κ1) is 14.7. The molecule has 0 aliphatic carbocycles. The largest absolute Gasteiger partial charge is 0.382 e. The smallest absolute Gasteiger partial charge is 0.0594 e. The number of benzene rings is 1. The third kappa shape index (κ3) is 3.91. The van der Waals surface area contributed by atoms with E-state index in [1.54, 1.807) is 0 Å². The molecule has 0 aromatic heterocycles. The Morgan fingerprint density at radius 1 is 1.19 bits per heavy atom. The van der Waals surface area contributed by atoms with E-state index < -0.39 is 0 Å². The summed E-state index contributed by atoms with van der Waals surface area (Å²) in [5.74, 6) is 0. The second-order valence-electron chi connectivity index (χ2n) is 6.39. The first-order valence-corrected chi connectivity index (χ1v) is 8.58. The minimum Gasteiger partial charge on any atom is -0.382 e. The molecule has 2 heterocycles. The summed E-state index contributed by atoms with van der Waals surface area (Å²) in [5, 5.41) is 3.69. The number of ether oxygens (including phenoxy) is 1. The van der Waals surface area contributed by atoms with Gasteiger partial charge in [0.25, 0.3) is 0 Å². The summed E-state index contributed by atoms with van der Waals surface area (Å²) in [6.07, 6.45) is 7.77. The fourth-order valence-electron chi connectivity index (χ4n) is 3.51. The van der Waals surface area contributed by atoms with Crippen molar-refractivity contribution in [3.8, 4) is 0 Å². The van der Waals surface area contributed by atoms with E-state index in [1.807, 2.05) is 0 Å². The molecule has 1 N–H and O–H groups in total. The van der Waals surface area contributed by atoms with Crippen LogP contribution in [0.25, 0.3) is 0 Å². The molecule has 1 aromatic carbocycles. The topological polar surface area (TPSA) is 24.5 Å². The Morgan fingerprint density at radius 2 is 1.95 bits per heavy atom. The summed E-state index contributed by atoms with van der Waals surface area (Å²) >= 11 is 0. The van der Waals surface area contributed by atoms with E-state index >= 15 is 0 Å². The lowest BCUT2D eigenvalue weighted by atomic mass is 10.00. The van der Waals surface area contributed by atoms with Crippen LogP contribution in [0.4, 0.5) is 11.4 Å². The summed E-state index contributed by atoms with van der Waals surface area (Å²) < 4.78 is 5.83. The zero-order valence-electron chi connectivity index (χ0n) is 13.2. The van der Waals surface area contributed by atoms with Gasteiger partial charge in [-0.3, -0.25) is 0 Å². The van der Waals surface area contributed by atoms with Crippen LogP contribution < -0.4 is 10.2 Å². The highest BCUT2D eigenvalue weighted by atomic mass is 16.5. The van der Waals surface area contributed by atoms with Gasteiger partial charge in [0.15, 0.2) is 0 Å². The molecule has 21 heavy (non-hydrogen) atoms. The maximum absolute atomic E-state index is 5.83. The molecule has 2 aliphatic heterocycles. The van der Waals surface area contributed by atoms with Crippen LogP contribution in [0.3, 0.4) is 0 Å². The fourth-order valence-corrected chi connectivity index (χ4v) is 3.51. The molecule has 0 amide bonds. The maximum Gasteiger partial charge on any atom is 0.0594 e. The summed E-state index contributed by atoms with van der Waals surface area (Å²) in [6.45, 7) is 5.56. The van der Waals surface area contributed by atoms with Gasteiger partial charge in [-0.05, 0) is 56.4 Å². The van der Waals surface area contributed by atoms with Gasteiger partial charge in [-0.2, -0.15) is 0 Å². The van der Waals surface area contributed by atoms with Crippen LogP contribution in [0, 0.1) is 0 Å². The fraction of sp³-hybridized carbons (Fsp3) is 0.667. The molecule has 2 fully saturated rings. The number of nitrogens with one attached hydrogen (secondary N) is 1. The van der Waals surface area contributed by atoms with Gasteiger partial charge in [0.2, 0.25) is 0 Å². The van der Waals surface area contributed by atoms with Crippen LogP contribution in [0.2, 0.25) is 0 Å². The molecule has 2 aliphatic rings. The van der Waals surface area contributed by atoms with Crippen molar-refractivity contribution >= 4 is 11.4 Å². The second-order valence-corrected chi connectivity index (χ2v) is 6.39. The van der Waals surface area contributed by atoms with Crippen molar-refractivity contribution in [1.82, 2.24) is 0 Å². The quantitative estimate of drug-likeness (QED) is 0.884. The van der Waals surface area contributed by atoms with E-state index in [9.17, 15) is 0 Å². The lowest BCUT2D eigenvalue weighted by Gasteiger charge is -2.30. The molecule has 3 rings (SSSR count). The number of hydrogen-bond acceptors (Lipinski definition) is 3. The highest BCUT2D eigenvalue weighted by Crippen LogP contribution is 2.25. The van der Waals surface area contributed by atoms with Crippen molar-refractivity contribution in [2.75, 3.05) is 29.9 Å². The van der Waals surface area contributed by atoms with Crippen molar-refractivity contribution < 1.29 is 4.74 Å². The predicted molar refractivity (Wildman–Crippen MR) is 89.2 cm³/mol. The number of nitrogens with zero attached hydrogens (tertiary/aromatic N) is 1. The predicted octanol–water partition coefficient (Wildman–Crippen LogP) is 4.05. The van der Waals surface area contributed by atoms with Crippen LogP contribution in [-0.4, -0.2) is 31.8 Å². The van der Waals surface area contributed by atoms with Crippen molar-refractivity contribution in [3.63, 3.8) is 0 Å². The standard InChI is InChI=1S/C18H28N2O/c1-2-5-18-14-16(10-13-21-18)19-15-6-8-17(9-7-15)20-11-3-4-12-20/h6-9,16,18-19H,2-5,10-14H2,1H3. The molecule has 0 spiro atoms. The summed E-state index contributed by atoms with van der Waals surface area (Å²) in [7, 11) is 0. The van der Waals surface area contributed by atoms with Gasteiger partial charge in [-0.15, -0.1) is 0 Å². The zero-order chi connectivity index (χ0) is 14.5. The molecule has 116 valence electrons. The molecule has 0 bridgehead atoms. The molecule has 3 heteroatoms. The normalized spacial score (nSPS) is 26.0. The van der Waals surface area contributed by atoms with Gasteiger partial charge in [0.05, 0.1) is 6.10 Å². The van der Waals surface area contributed by atoms with E-state index in [1.165, 1.54) is 50.1 Å². The Kier molecular flexibility index (Phi) is 5.02. The van der Waals surface area contributed by atoms with E-state index in [-0.39, 0.29) is 0 Å². The van der Waals surface area contributed by atoms with Gasteiger partial charge in [-0.1, -0.05) is 13.3 Å². The average Bonchev–Trinajstić information content (AvgIpc) is 3.03. The zero-order valence-corrected chi connectivity index (χ0v) is 13.2. The number of rotatable bonds is 5. The minimum atomic E-state index is 0.449. The molecular weight excluding hydrogens is 260 g/mol. The molecule has 3 nitrogen and oxygen atoms in total. The van der Waals surface area contributed by atoms with Crippen molar-refractivity contribution in [2.24, 2.45) is 0 Å². The third-order valence-corrected chi connectivity index (χ3v) is 4.69. The Balaban J connectivity index is 1.54. The SMILES string of the molecule is CCCC1CC(Nc2ccc(N3CCCC3)cc2)CCO1. The van der Waals surface area contributed by atoms with Gasteiger partial charge in [0.1, 0.15) is 0 Å². The molecule has 1 aromatic rings. The van der Waals surface area contributed by atoms with Crippen molar-refractivity contribution in [2.45, 2.75) is 57.6 Å². The Bertz CT molecular complexity index is 423. The molecular formula is C18H28N2O. The Morgan fingerprint density at radius 3 is 2.67 bits per heavy atom. The summed E-state index contributed by atoms with van der Waals surface area (Å²) in [4.78, 5) is 2.48. The first-order chi connectivity index (χ1) is 10.3. The summed E-state index contributed by atoms with van der Waals surface area (Å²) in [6, 6.07) is 9.55. The maximum atomic E-state index is 5.83. The van der Waals surface area contributed by atoms with Crippen molar-refractivity contribution in [1.29, 1.82) is 0 Å². The van der Waals surface area contributed by atoms with Gasteiger partial charge < -0.3 is 15.0 Å². The van der Waals surface area contributed by atoms with Crippen LogP contribution in [-0.2, 0) is 4.74 Å². The van der Waals surface area contributed by atoms with E-state index in [0.29, 0.717) is 12.1 Å². The monoisotopic (exact) mass is 288 g/mol. The highest BCUT2D eigenvalue weighted by Gasteiger charge is 2.21. The molecule has 0 saturated carbocycles. The second kappa shape index (κ2) is 7.17. The van der Waals surface area contributed by atoms with E-state index in [0.717, 1.165) is 19.4 Å². The van der Waals surface area contributed by atoms with Crippen LogP contribution >= 0.6 is 0 Å². The molecule has 2 saturated heterocycles. The molecule has 0 radical (unpaired) electrons. The van der Waals surface area contributed by atoms with E-state index in [2.05, 4.69) is 41.4 Å². The lowest BCUT2D eigenvalue weighted by molar-refractivity contribution is 0.00598. The minimum absolute atomic E-state index is 0.449. The average molecular weight is 288 g/mol. The summed E-state index contributed by atoms with van der Waals surface area (Å²) in [5.41, 5.74) is 2.62. The number of hydrogen-bond donors (Lipinski definition) is 1. The number of anilines is 2. The van der Waals surface area contributed by atoms with Crippen LogP contribution in [0.15, 0.2) is 24.3 Å². The van der Waals surface area contributed by atoms with Gasteiger partial charge in [-0.25, -0.2) is 0 Å². The van der Waals surface area contributed by atoms with Crippen LogP contribution in [0.5, 0.6) is 0 Å². The van der Waals surface area contributed by atoms with Gasteiger partial charge in [0, 0.05) is 37.1 Å². The van der Waals surface area contributed by atoms with Crippen LogP contribution in [0.1, 0.15) is 45.4 Å². The Labute approximate surface area is 128 Å². The van der Waals surface area contributed by atoms with Crippen molar-refractivity contribution in [3.05, 3.63) is 24.3 Å². The van der Waals surface area contributed by atoms with Gasteiger partial charge >= 0.3 is 0 Å². The lowest BCUT2D eigenvalue weighted by Crippen LogP contribution is -2.34.